The van der Waals surface area contributed by atoms with Gasteiger partial charge in [0, 0.05) is 24.1 Å². The number of nitrogens with zero attached hydrogens (tertiary/aromatic N) is 3. The average molecular weight is 377 g/mol. The van der Waals surface area contributed by atoms with E-state index in [4.69, 9.17) is 0 Å². The molecule has 2 aliphatic heterocycles. The quantitative estimate of drug-likeness (QED) is 0.808. The molecule has 4 atom stereocenters. The zero-order valence-corrected chi connectivity index (χ0v) is 14.9. The summed E-state index contributed by atoms with van der Waals surface area (Å²) >= 11 is 0. The van der Waals surface area contributed by atoms with Crippen molar-refractivity contribution >= 4 is 5.95 Å². The van der Waals surface area contributed by atoms with Crippen molar-refractivity contribution in [3.05, 3.63) is 41.0 Å². The number of benzene rings is 1. The minimum atomic E-state index is -1.42. The molecule has 0 spiro atoms. The molecule has 0 amide bonds. The van der Waals surface area contributed by atoms with E-state index in [1.807, 2.05) is 0 Å². The zero-order chi connectivity index (χ0) is 18.5. The molecule has 1 unspecified atom stereocenters. The smallest absolute Gasteiger partial charge is 0.242 e. The van der Waals surface area contributed by atoms with Gasteiger partial charge in [-0.15, -0.1) is 5.10 Å². The number of aryl methyl sites for hydroxylation is 1. The fourth-order valence-corrected chi connectivity index (χ4v) is 4.99. The molecule has 1 aromatic heterocycles. The molecule has 2 bridgehead atoms. The number of rotatable bonds is 3. The third kappa shape index (κ3) is 2.81. The Bertz CT molecular complexity index is 851. The van der Waals surface area contributed by atoms with Gasteiger partial charge >= 0.3 is 0 Å². The highest BCUT2D eigenvalue weighted by atomic mass is 19.2. The van der Waals surface area contributed by atoms with Crippen molar-refractivity contribution in [2.45, 2.75) is 44.2 Å². The Morgan fingerprint density at radius 3 is 2.59 bits per heavy atom. The number of fused-ring (bicyclic) bond motifs is 3. The second-order valence-corrected chi connectivity index (χ2v) is 7.90. The Balaban J connectivity index is 1.44. The number of aromatic nitrogens is 3. The van der Waals surface area contributed by atoms with Crippen LogP contribution < -0.4 is 10.6 Å². The minimum Gasteiger partial charge on any atom is -0.350 e. The molecule has 2 aromatic rings. The lowest BCUT2D eigenvalue weighted by Gasteiger charge is -2.31. The summed E-state index contributed by atoms with van der Waals surface area (Å²) in [6.45, 7) is 2.71. The largest absolute Gasteiger partial charge is 0.350 e. The third-order valence-electron chi connectivity index (χ3n) is 6.35. The van der Waals surface area contributed by atoms with E-state index in [2.05, 4.69) is 20.7 Å². The highest BCUT2D eigenvalue weighted by Gasteiger charge is 2.40. The molecule has 2 N–H and O–H groups in total. The van der Waals surface area contributed by atoms with Crippen LogP contribution in [0.2, 0.25) is 0 Å². The maximum absolute atomic E-state index is 14.3. The van der Waals surface area contributed by atoms with Crippen LogP contribution in [0.1, 0.15) is 43.0 Å². The summed E-state index contributed by atoms with van der Waals surface area (Å²) in [6.07, 6.45) is 3.83. The normalized spacial score (nSPS) is 29.6. The zero-order valence-electron chi connectivity index (χ0n) is 14.9. The van der Waals surface area contributed by atoms with Crippen LogP contribution in [0.3, 0.4) is 0 Å². The summed E-state index contributed by atoms with van der Waals surface area (Å²) in [4.78, 5) is 4.63. The van der Waals surface area contributed by atoms with Crippen molar-refractivity contribution < 1.29 is 13.2 Å². The second kappa shape index (κ2) is 6.51. The van der Waals surface area contributed by atoms with E-state index in [1.54, 1.807) is 4.68 Å². The lowest BCUT2D eigenvalue weighted by molar-refractivity contribution is 0.341. The van der Waals surface area contributed by atoms with Crippen molar-refractivity contribution in [3.63, 3.8) is 0 Å². The van der Waals surface area contributed by atoms with Gasteiger partial charge in [-0.05, 0) is 56.7 Å². The molecule has 1 aromatic carbocycles. The van der Waals surface area contributed by atoms with Gasteiger partial charge in [0.25, 0.3) is 0 Å². The molecule has 1 aliphatic carbocycles. The Kier molecular flexibility index (Phi) is 4.11. The van der Waals surface area contributed by atoms with E-state index in [9.17, 15) is 13.2 Å². The highest BCUT2D eigenvalue weighted by molar-refractivity contribution is 5.34. The van der Waals surface area contributed by atoms with Gasteiger partial charge in [-0.25, -0.2) is 17.9 Å². The van der Waals surface area contributed by atoms with Gasteiger partial charge in [-0.2, -0.15) is 4.98 Å². The van der Waals surface area contributed by atoms with Crippen molar-refractivity contribution in [3.8, 4) is 0 Å². The first-order valence-corrected chi connectivity index (χ1v) is 9.67. The molecular weight excluding hydrogens is 355 g/mol. The molecule has 5 nitrogen and oxygen atoms in total. The van der Waals surface area contributed by atoms with Gasteiger partial charge in [0.05, 0.1) is 0 Å². The Hall–Kier alpha value is -2.09. The van der Waals surface area contributed by atoms with Crippen molar-refractivity contribution in [1.29, 1.82) is 0 Å². The van der Waals surface area contributed by atoms with Crippen LogP contribution in [0.15, 0.2) is 12.1 Å². The Morgan fingerprint density at radius 2 is 1.81 bits per heavy atom. The van der Waals surface area contributed by atoms with E-state index in [0.717, 1.165) is 25.6 Å². The number of hydrogen-bond acceptors (Lipinski definition) is 4. The topological polar surface area (TPSA) is 54.8 Å². The number of anilines is 1. The first kappa shape index (κ1) is 17.0. The first-order chi connectivity index (χ1) is 13.1. The lowest BCUT2D eigenvalue weighted by Crippen LogP contribution is -2.45. The number of nitrogens with one attached hydrogen (secondary N) is 2. The molecule has 27 heavy (non-hydrogen) atoms. The van der Waals surface area contributed by atoms with Crippen LogP contribution in [0.4, 0.5) is 19.1 Å². The summed E-state index contributed by atoms with van der Waals surface area (Å²) in [7, 11) is 0. The van der Waals surface area contributed by atoms with Crippen molar-refractivity contribution in [1.82, 2.24) is 20.1 Å². The predicted octanol–water partition coefficient (Wildman–Crippen LogP) is 3.03. The van der Waals surface area contributed by atoms with Gasteiger partial charge in [-0.3, -0.25) is 0 Å². The van der Waals surface area contributed by atoms with E-state index in [-0.39, 0.29) is 5.56 Å². The van der Waals surface area contributed by atoms with E-state index < -0.39 is 23.4 Å². The van der Waals surface area contributed by atoms with E-state index in [0.29, 0.717) is 42.6 Å². The van der Waals surface area contributed by atoms with Crippen LogP contribution in [0, 0.1) is 29.3 Å². The van der Waals surface area contributed by atoms with Crippen LogP contribution in [-0.4, -0.2) is 33.9 Å². The predicted molar refractivity (Wildman–Crippen MR) is 93.9 cm³/mol. The van der Waals surface area contributed by atoms with Crippen LogP contribution in [0.25, 0.3) is 0 Å². The third-order valence-corrected chi connectivity index (χ3v) is 6.35. The van der Waals surface area contributed by atoms with Gasteiger partial charge < -0.3 is 10.6 Å². The number of piperidine rings is 1. The monoisotopic (exact) mass is 377 g/mol. The van der Waals surface area contributed by atoms with Crippen molar-refractivity contribution in [2.75, 3.05) is 18.4 Å². The van der Waals surface area contributed by atoms with Gasteiger partial charge in [-0.1, -0.05) is 6.07 Å². The lowest BCUT2D eigenvalue weighted by atomic mass is 9.90. The second-order valence-electron chi connectivity index (χ2n) is 7.90. The van der Waals surface area contributed by atoms with Gasteiger partial charge in [0.15, 0.2) is 17.5 Å². The SMILES string of the molecule is Fc1ccc(C2CCCn3nc(N[C@@H]4[C@@H]5CC[C@H]4CNC5)nc32)c(F)c1F. The van der Waals surface area contributed by atoms with E-state index >= 15 is 0 Å². The van der Waals surface area contributed by atoms with Gasteiger partial charge in [0.1, 0.15) is 5.82 Å². The number of hydrogen-bond donors (Lipinski definition) is 2. The summed E-state index contributed by atoms with van der Waals surface area (Å²) in [5.74, 6) is -1.80. The van der Waals surface area contributed by atoms with Gasteiger partial charge in [0.2, 0.25) is 5.95 Å². The fourth-order valence-electron chi connectivity index (χ4n) is 4.99. The molecule has 1 saturated heterocycles. The first-order valence-electron chi connectivity index (χ1n) is 9.67. The molecule has 3 heterocycles. The van der Waals surface area contributed by atoms with Crippen LogP contribution in [0.5, 0.6) is 0 Å². The number of halogens is 3. The summed E-state index contributed by atoms with van der Waals surface area (Å²) in [5.41, 5.74) is 0.149. The fraction of sp³-hybridized carbons (Fsp3) is 0.579. The Morgan fingerprint density at radius 1 is 1.04 bits per heavy atom. The molecule has 2 fully saturated rings. The molecule has 8 heteroatoms. The summed E-state index contributed by atoms with van der Waals surface area (Å²) in [6, 6.07) is 2.66. The highest BCUT2D eigenvalue weighted by Crippen LogP contribution is 2.37. The summed E-state index contributed by atoms with van der Waals surface area (Å²) in [5, 5.41) is 11.5. The maximum Gasteiger partial charge on any atom is 0.242 e. The molecule has 3 aliphatic rings. The molecule has 1 saturated carbocycles. The minimum absolute atomic E-state index is 0.149. The Labute approximate surface area is 155 Å². The van der Waals surface area contributed by atoms with Crippen LogP contribution in [-0.2, 0) is 6.54 Å². The molecule has 0 radical (unpaired) electrons. The molecule has 5 rings (SSSR count). The van der Waals surface area contributed by atoms with Crippen LogP contribution >= 0.6 is 0 Å². The summed E-state index contributed by atoms with van der Waals surface area (Å²) < 4.78 is 43.1. The average Bonchev–Trinajstić information content (AvgIpc) is 3.16. The molecule has 144 valence electrons. The van der Waals surface area contributed by atoms with Crippen molar-refractivity contribution in [2.24, 2.45) is 11.8 Å². The standard InChI is InChI=1S/C19H22F3N5/c20-14-6-5-12(15(21)16(14)22)13-2-1-7-27-18(13)25-19(26-27)24-17-10-3-4-11(17)9-23-8-10/h5-6,10-11,13,17,23H,1-4,7-9H2,(H,24,26)/t10-,11+,13?,17-. The maximum atomic E-state index is 14.3. The molecular formula is C19H22F3N5. The van der Waals surface area contributed by atoms with E-state index in [1.165, 1.54) is 18.9 Å².